The van der Waals surface area contributed by atoms with Gasteiger partial charge >= 0.3 is 0 Å². The number of halogens is 1. The number of aromatic nitrogens is 2. The molecular weight excluding hydrogens is 205 g/mol. The molecule has 3 nitrogen and oxygen atoms in total. The molecule has 1 aromatic carbocycles. The third-order valence-corrected chi connectivity index (χ3v) is 2.64. The predicted molar refractivity (Wildman–Crippen MR) is 58.0 cm³/mol. The Morgan fingerprint density at radius 2 is 2.19 bits per heavy atom. The van der Waals surface area contributed by atoms with Crippen LogP contribution < -0.4 is 5.32 Å². The predicted octanol–water partition coefficient (Wildman–Crippen LogP) is 1.89. The molecule has 4 heteroatoms. The Bertz CT molecular complexity index is 540. The molecule has 1 aliphatic heterocycles. The van der Waals surface area contributed by atoms with Crippen molar-refractivity contribution in [1.29, 1.82) is 0 Å². The van der Waals surface area contributed by atoms with E-state index < -0.39 is 0 Å². The molecule has 0 radical (unpaired) electrons. The minimum atomic E-state index is -0.264. The van der Waals surface area contributed by atoms with Crippen molar-refractivity contribution in [3.8, 4) is 11.4 Å². The van der Waals surface area contributed by atoms with E-state index in [-0.39, 0.29) is 5.82 Å². The SMILES string of the molecule is Fc1cccc(-c2ncc3c(n2)CNC3)c1. The second-order valence-corrected chi connectivity index (χ2v) is 3.78. The first-order chi connectivity index (χ1) is 7.83. The summed E-state index contributed by atoms with van der Waals surface area (Å²) in [6, 6.07) is 6.34. The van der Waals surface area contributed by atoms with Crippen LogP contribution in [0.15, 0.2) is 30.5 Å². The third-order valence-electron chi connectivity index (χ3n) is 2.64. The van der Waals surface area contributed by atoms with E-state index in [0.29, 0.717) is 5.82 Å². The standard InChI is InChI=1S/C12H10FN3/c13-10-3-1-2-8(4-10)12-15-6-9-5-14-7-11(9)16-12/h1-4,6,14H,5,7H2. The zero-order valence-electron chi connectivity index (χ0n) is 8.57. The van der Waals surface area contributed by atoms with Crippen molar-refractivity contribution in [1.82, 2.24) is 15.3 Å². The van der Waals surface area contributed by atoms with E-state index in [2.05, 4.69) is 15.3 Å². The molecule has 1 aliphatic rings. The minimum absolute atomic E-state index is 0.264. The van der Waals surface area contributed by atoms with Crippen molar-refractivity contribution >= 4 is 0 Å². The van der Waals surface area contributed by atoms with Crippen LogP contribution in [0.25, 0.3) is 11.4 Å². The summed E-state index contributed by atoms with van der Waals surface area (Å²) >= 11 is 0. The van der Waals surface area contributed by atoms with Gasteiger partial charge in [-0.05, 0) is 12.1 Å². The minimum Gasteiger partial charge on any atom is -0.307 e. The van der Waals surface area contributed by atoms with E-state index in [0.717, 1.165) is 29.9 Å². The van der Waals surface area contributed by atoms with Gasteiger partial charge in [0.05, 0.1) is 5.69 Å². The molecule has 0 saturated heterocycles. The Balaban J connectivity index is 2.07. The van der Waals surface area contributed by atoms with Crippen molar-refractivity contribution in [3.05, 3.63) is 47.5 Å². The summed E-state index contributed by atoms with van der Waals surface area (Å²) < 4.78 is 13.1. The van der Waals surface area contributed by atoms with E-state index in [4.69, 9.17) is 0 Å². The van der Waals surface area contributed by atoms with Crippen molar-refractivity contribution in [2.45, 2.75) is 13.1 Å². The molecule has 0 unspecified atom stereocenters. The van der Waals surface area contributed by atoms with Gasteiger partial charge in [0.25, 0.3) is 0 Å². The summed E-state index contributed by atoms with van der Waals surface area (Å²) in [4.78, 5) is 8.67. The maximum atomic E-state index is 13.1. The lowest BCUT2D eigenvalue weighted by atomic mass is 10.2. The average Bonchev–Trinajstić information content (AvgIpc) is 2.75. The summed E-state index contributed by atoms with van der Waals surface area (Å²) in [5, 5.41) is 3.20. The highest BCUT2D eigenvalue weighted by atomic mass is 19.1. The van der Waals surface area contributed by atoms with Crippen LogP contribution in [0, 0.1) is 5.82 Å². The van der Waals surface area contributed by atoms with E-state index >= 15 is 0 Å². The zero-order valence-corrected chi connectivity index (χ0v) is 8.57. The van der Waals surface area contributed by atoms with Gasteiger partial charge in [0.15, 0.2) is 5.82 Å². The number of nitrogens with zero attached hydrogens (tertiary/aromatic N) is 2. The molecule has 2 aromatic rings. The fourth-order valence-corrected chi connectivity index (χ4v) is 1.83. The number of hydrogen-bond donors (Lipinski definition) is 1. The molecule has 0 saturated carbocycles. The van der Waals surface area contributed by atoms with Gasteiger partial charge in [0.1, 0.15) is 5.82 Å². The Morgan fingerprint density at radius 3 is 3.06 bits per heavy atom. The molecule has 0 spiro atoms. The summed E-state index contributed by atoms with van der Waals surface area (Å²) in [6.07, 6.45) is 1.81. The Labute approximate surface area is 92.4 Å². The second-order valence-electron chi connectivity index (χ2n) is 3.78. The molecule has 3 rings (SSSR count). The normalized spacial score (nSPS) is 13.8. The summed E-state index contributed by atoms with van der Waals surface area (Å²) in [5.41, 5.74) is 2.85. The number of benzene rings is 1. The highest BCUT2D eigenvalue weighted by Gasteiger charge is 2.13. The first kappa shape index (κ1) is 9.42. The molecule has 0 atom stereocenters. The smallest absolute Gasteiger partial charge is 0.159 e. The summed E-state index contributed by atoms with van der Waals surface area (Å²) in [6.45, 7) is 1.58. The topological polar surface area (TPSA) is 37.8 Å². The maximum absolute atomic E-state index is 13.1. The maximum Gasteiger partial charge on any atom is 0.159 e. The monoisotopic (exact) mass is 215 g/mol. The van der Waals surface area contributed by atoms with Crippen LogP contribution in [0.5, 0.6) is 0 Å². The third kappa shape index (κ3) is 1.57. The highest BCUT2D eigenvalue weighted by molar-refractivity contribution is 5.55. The van der Waals surface area contributed by atoms with Crippen molar-refractivity contribution < 1.29 is 4.39 Å². The van der Waals surface area contributed by atoms with Crippen LogP contribution in [-0.4, -0.2) is 9.97 Å². The van der Waals surface area contributed by atoms with Gasteiger partial charge in [-0.3, -0.25) is 0 Å². The summed E-state index contributed by atoms with van der Waals surface area (Å²) in [7, 11) is 0. The first-order valence-corrected chi connectivity index (χ1v) is 5.14. The molecule has 0 amide bonds. The largest absolute Gasteiger partial charge is 0.307 e. The van der Waals surface area contributed by atoms with Gasteiger partial charge < -0.3 is 5.32 Å². The van der Waals surface area contributed by atoms with E-state index in [1.807, 2.05) is 12.3 Å². The first-order valence-electron chi connectivity index (χ1n) is 5.14. The van der Waals surface area contributed by atoms with E-state index in [9.17, 15) is 4.39 Å². The molecule has 0 aliphatic carbocycles. The van der Waals surface area contributed by atoms with Gasteiger partial charge in [-0.15, -0.1) is 0 Å². The van der Waals surface area contributed by atoms with Gasteiger partial charge in [0.2, 0.25) is 0 Å². The van der Waals surface area contributed by atoms with Crippen molar-refractivity contribution in [2.24, 2.45) is 0 Å². The second kappa shape index (κ2) is 3.64. The van der Waals surface area contributed by atoms with Gasteiger partial charge in [-0.2, -0.15) is 0 Å². The Morgan fingerprint density at radius 1 is 1.25 bits per heavy atom. The zero-order chi connectivity index (χ0) is 11.0. The van der Waals surface area contributed by atoms with Gasteiger partial charge in [0, 0.05) is 30.4 Å². The molecule has 1 aromatic heterocycles. The molecule has 16 heavy (non-hydrogen) atoms. The number of nitrogens with one attached hydrogen (secondary N) is 1. The van der Waals surface area contributed by atoms with Crippen molar-refractivity contribution in [3.63, 3.8) is 0 Å². The molecule has 2 heterocycles. The van der Waals surface area contributed by atoms with Crippen LogP contribution in [0.3, 0.4) is 0 Å². The Hall–Kier alpha value is -1.81. The van der Waals surface area contributed by atoms with E-state index in [1.165, 1.54) is 12.1 Å². The quantitative estimate of drug-likeness (QED) is 0.789. The number of hydrogen-bond acceptors (Lipinski definition) is 3. The molecular formula is C12H10FN3. The molecule has 1 N–H and O–H groups in total. The van der Waals surface area contributed by atoms with Crippen LogP contribution in [-0.2, 0) is 13.1 Å². The fourth-order valence-electron chi connectivity index (χ4n) is 1.83. The molecule has 0 fully saturated rings. The van der Waals surface area contributed by atoms with Gasteiger partial charge in [-0.25, -0.2) is 14.4 Å². The lowest BCUT2D eigenvalue weighted by Crippen LogP contribution is -2.00. The van der Waals surface area contributed by atoms with Crippen molar-refractivity contribution in [2.75, 3.05) is 0 Å². The highest BCUT2D eigenvalue weighted by Crippen LogP contribution is 2.19. The summed E-state index contributed by atoms with van der Waals surface area (Å²) in [5.74, 6) is 0.321. The number of rotatable bonds is 1. The van der Waals surface area contributed by atoms with Crippen LogP contribution in [0.2, 0.25) is 0 Å². The average molecular weight is 215 g/mol. The number of fused-ring (bicyclic) bond motifs is 1. The lowest BCUT2D eigenvalue weighted by molar-refractivity contribution is 0.628. The van der Waals surface area contributed by atoms with E-state index in [1.54, 1.807) is 6.07 Å². The Kier molecular flexibility index (Phi) is 2.15. The van der Waals surface area contributed by atoms with Crippen LogP contribution >= 0.6 is 0 Å². The van der Waals surface area contributed by atoms with Crippen LogP contribution in [0.4, 0.5) is 4.39 Å². The molecule has 80 valence electrons. The fraction of sp³-hybridized carbons (Fsp3) is 0.167. The molecule has 0 bridgehead atoms. The van der Waals surface area contributed by atoms with Gasteiger partial charge in [-0.1, -0.05) is 12.1 Å². The lowest BCUT2D eigenvalue weighted by Gasteiger charge is -2.02. The van der Waals surface area contributed by atoms with Crippen LogP contribution in [0.1, 0.15) is 11.3 Å².